The van der Waals surface area contributed by atoms with Crippen LogP contribution in [0.15, 0.2) is 29.2 Å². The molecule has 0 saturated heterocycles. The molecule has 102 valence electrons. The molecule has 18 heavy (non-hydrogen) atoms. The predicted molar refractivity (Wildman–Crippen MR) is 74.6 cm³/mol. The lowest BCUT2D eigenvalue weighted by Crippen LogP contribution is -2.39. The summed E-state index contributed by atoms with van der Waals surface area (Å²) in [6.45, 7) is 4.14. The molecule has 0 aliphatic carbocycles. The molecule has 0 fully saturated rings. The Balaban J connectivity index is 2.90. The molecule has 2 nitrogen and oxygen atoms in total. The first-order valence-corrected chi connectivity index (χ1v) is 7.68. The maximum atomic E-state index is 13.2. The van der Waals surface area contributed by atoms with Crippen LogP contribution in [0.1, 0.15) is 33.1 Å². The number of rotatable bonds is 7. The van der Waals surface area contributed by atoms with Gasteiger partial charge in [-0.15, -0.1) is 0 Å². The fourth-order valence-electron chi connectivity index (χ4n) is 2.18. The van der Waals surface area contributed by atoms with Gasteiger partial charge in [0.25, 0.3) is 0 Å². The van der Waals surface area contributed by atoms with Crippen molar-refractivity contribution in [3.63, 3.8) is 0 Å². The second-order valence-electron chi connectivity index (χ2n) is 4.39. The standard InChI is InChI=1S/C14H22FNOS/c1-4-7-13(16-3)14(5-2)18(17)12-9-6-8-11(15)10-12/h6,8-10,13-14,16H,4-5,7H2,1-3H3. The molecule has 0 bridgehead atoms. The molecule has 0 aliphatic heterocycles. The van der Waals surface area contributed by atoms with E-state index in [1.165, 1.54) is 12.1 Å². The highest BCUT2D eigenvalue weighted by Gasteiger charge is 2.24. The van der Waals surface area contributed by atoms with Gasteiger partial charge < -0.3 is 5.32 Å². The second kappa shape index (κ2) is 7.64. The Labute approximate surface area is 111 Å². The van der Waals surface area contributed by atoms with Crippen LogP contribution < -0.4 is 5.32 Å². The zero-order valence-electron chi connectivity index (χ0n) is 11.3. The highest BCUT2D eigenvalue weighted by molar-refractivity contribution is 7.85. The van der Waals surface area contributed by atoms with Crippen LogP contribution in [0.3, 0.4) is 0 Å². The van der Waals surface area contributed by atoms with Gasteiger partial charge in [0.1, 0.15) is 5.82 Å². The average Bonchev–Trinajstić information content (AvgIpc) is 2.38. The van der Waals surface area contributed by atoms with Crippen LogP contribution in [0.4, 0.5) is 4.39 Å². The SMILES string of the molecule is CCCC(NC)C(CC)S(=O)c1cccc(F)c1. The Morgan fingerprint density at radius 2 is 2.11 bits per heavy atom. The summed E-state index contributed by atoms with van der Waals surface area (Å²) in [5, 5.41) is 3.26. The molecule has 0 heterocycles. The zero-order chi connectivity index (χ0) is 13.5. The first kappa shape index (κ1) is 15.3. The van der Waals surface area contributed by atoms with Gasteiger partial charge in [0.2, 0.25) is 0 Å². The maximum absolute atomic E-state index is 13.2. The lowest BCUT2D eigenvalue weighted by molar-refractivity contribution is 0.480. The summed E-state index contributed by atoms with van der Waals surface area (Å²) in [4.78, 5) is 0.582. The number of hydrogen-bond donors (Lipinski definition) is 1. The van der Waals surface area contributed by atoms with Gasteiger partial charge in [0.05, 0.1) is 16.0 Å². The number of hydrogen-bond acceptors (Lipinski definition) is 2. The van der Waals surface area contributed by atoms with Crippen molar-refractivity contribution >= 4 is 10.8 Å². The van der Waals surface area contributed by atoms with Gasteiger partial charge in [0.15, 0.2) is 0 Å². The van der Waals surface area contributed by atoms with E-state index >= 15 is 0 Å². The minimum absolute atomic E-state index is 0.0248. The molecule has 1 aromatic carbocycles. The van der Waals surface area contributed by atoms with Gasteiger partial charge in [-0.1, -0.05) is 26.3 Å². The number of benzene rings is 1. The topological polar surface area (TPSA) is 29.1 Å². The third kappa shape index (κ3) is 3.89. The smallest absolute Gasteiger partial charge is 0.124 e. The van der Waals surface area contributed by atoms with Crippen LogP contribution >= 0.6 is 0 Å². The summed E-state index contributed by atoms with van der Waals surface area (Å²) >= 11 is 0. The first-order valence-electron chi connectivity index (χ1n) is 6.47. The molecule has 1 aromatic rings. The highest BCUT2D eigenvalue weighted by Crippen LogP contribution is 2.19. The van der Waals surface area contributed by atoms with Crippen LogP contribution in [0.25, 0.3) is 0 Å². The first-order chi connectivity index (χ1) is 8.63. The fraction of sp³-hybridized carbons (Fsp3) is 0.571. The van der Waals surface area contributed by atoms with Gasteiger partial charge in [0, 0.05) is 10.9 Å². The lowest BCUT2D eigenvalue weighted by Gasteiger charge is -2.25. The van der Waals surface area contributed by atoms with Gasteiger partial charge >= 0.3 is 0 Å². The molecule has 1 N–H and O–H groups in total. The highest BCUT2D eigenvalue weighted by atomic mass is 32.2. The maximum Gasteiger partial charge on any atom is 0.124 e. The van der Waals surface area contributed by atoms with Crippen LogP contribution in [-0.4, -0.2) is 22.5 Å². The lowest BCUT2D eigenvalue weighted by atomic mass is 10.1. The molecular weight excluding hydrogens is 249 g/mol. The molecule has 0 aromatic heterocycles. The van der Waals surface area contributed by atoms with Crippen LogP contribution in [0, 0.1) is 5.82 Å². The largest absolute Gasteiger partial charge is 0.316 e. The van der Waals surface area contributed by atoms with Gasteiger partial charge in [-0.3, -0.25) is 4.21 Å². The predicted octanol–water partition coefficient (Wildman–Crippen LogP) is 3.10. The molecule has 0 radical (unpaired) electrons. The molecule has 1 rings (SSSR count). The Bertz CT molecular complexity index is 397. The van der Waals surface area contributed by atoms with E-state index in [9.17, 15) is 8.60 Å². The van der Waals surface area contributed by atoms with Crippen molar-refractivity contribution in [1.82, 2.24) is 5.32 Å². The molecule has 0 spiro atoms. The van der Waals surface area contributed by atoms with E-state index in [4.69, 9.17) is 0 Å². The van der Waals surface area contributed by atoms with Crippen molar-refractivity contribution < 1.29 is 8.60 Å². The van der Waals surface area contributed by atoms with E-state index in [2.05, 4.69) is 12.2 Å². The minimum Gasteiger partial charge on any atom is -0.316 e. The molecule has 4 heteroatoms. The van der Waals surface area contributed by atoms with Crippen LogP contribution in [-0.2, 0) is 10.8 Å². The summed E-state index contributed by atoms with van der Waals surface area (Å²) in [7, 11) is 0.729. The van der Waals surface area contributed by atoms with E-state index in [0.29, 0.717) is 4.90 Å². The van der Waals surface area contributed by atoms with Gasteiger partial charge in [-0.05, 0) is 38.1 Å². The molecule has 0 saturated carbocycles. The van der Waals surface area contributed by atoms with Crippen molar-refractivity contribution in [2.45, 2.75) is 49.3 Å². The van der Waals surface area contributed by atoms with Crippen molar-refractivity contribution in [1.29, 1.82) is 0 Å². The zero-order valence-corrected chi connectivity index (χ0v) is 12.1. The quantitative estimate of drug-likeness (QED) is 0.825. The van der Waals surface area contributed by atoms with Gasteiger partial charge in [-0.2, -0.15) is 0 Å². The van der Waals surface area contributed by atoms with E-state index in [0.717, 1.165) is 19.3 Å². The van der Waals surface area contributed by atoms with Crippen molar-refractivity contribution in [3.8, 4) is 0 Å². The average molecular weight is 271 g/mol. The summed E-state index contributed by atoms with van der Waals surface area (Å²) in [5.74, 6) is -0.327. The van der Waals surface area contributed by atoms with E-state index in [1.54, 1.807) is 12.1 Å². The Hall–Kier alpha value is -0.740. The summed E-state index contributed by atoms with van der Waals surface area (Å²) in [6.07, 6.45) is 2.84. The fourth-order valence-corrected chi connectivity index (χ4v) is 3.84. The second-order valence-corrected chi connectivity index (χ2v) is 6.06. The van der Waals surface area contributed by atoms with Crippen molar-refractivity contribution in [2.75, 3.05) is 7.05 Å². The third-order valence-electron chi connectivity index (χ3n) is 3.12. The summed E-state index contributed by atoms with van der Waals surface area (Å²) in [6, 6.07) is 6.31. The summed E-state index contributed by atoms with van der Waals surface area (Å²) < 4.78 is 25.7. The monoisotopic (exact) mass is 271 g/mol. The Kier molecular flexibility index (Phi) is 6.50. The van der Waals surface area contributed by atoms with Crippen LogP contribution in [0.2, 0.25) is 0 Å². The molecule has 0 amide bonds. The molecule has 0 aliphatic rings. The van der Waals surface area contributed by atoms with E-state index < -0.39 is 10.8 Å². The van der Waals surface area contributed by atoms with Crippen molar-refractivity contribution in [3.05, 3.63) is 30.1 Å². The minimum atomic E-state index is -1.17. The van der Waals surface area contributed by atoms with E-state index in [-0.39, 0.29) is 17.1 Å². The molecule has 3 unspecified atom stereocenters. The number of nitrogens with one attached hydrogen (secondary N) is 1. The number of halogens is 1. The Morgan fingerprint density at radius 1 is 1.39 bits per heavy atom. The normalized spacial score (nSPS) is 16.2. The van der Waals surface area contributed by atoms with E-state index in [1.807, 2.05) is 14.0 Å². The van der Waals surface area contributed by atoms with Crippen molar-refractivity contribution in [2.24, 2.45) is 0 Å². The van der Waals surface area contributed by atoms with Gasteiger partial charge in [-0.25, -0.2) is 4.39 Å². The third-order valence-corrected chi connectivity index (χ3v) is 5.06. The molecular formula is C14H22FNOS. The van der Waals surface area contributed by atoms with Crippen LogP contribution in [0.5, 0.6) is 0 Å². The summed E-state index contributed by atoms with van der Waals surface area (Å²) in [5.41, 5.74) is 0. The molecule has 3 atom stereocenters. The Morgan fingerprint density at radius 3 is 2.61 bits per heavy atom.